The van der Waals surface area contributed by atoms with Crippen molar-refractivity contribution in [3.63, 3.8) is 0 Å². The van der Waals surface area contributed by atoms with Gasteiger partial charge in [-0.1, -0.05) is 13.8 Å². The highest BCUT2D eigenvalue weighted by atomic mass is 35.5. The first-order valence-corrected chi connectivity index (χ1v) is 7.25. The molecule has 1 amide bonds. The quantitative estimate of drug-likeness (QED) is 0.832. The molecular formula is C14H27ClN2O2. The number of halogens is 1. The summed E-state index contributed by atoms with van der Waals surface area (Å²) in [6, 6.07) is 0.565. The largest absolute Gasteiger partial charge is 0.378 e. The number of rotatable bonds is 3. The number of amides is 1. The molecule has 2 N–H and O–H groups in total. The molecule has 5 heteroatoms. The van der Waals surface area contributed by atoms with Crippen LogP contribution in [0.3, 0.4) is 0 Å². The van der Waals surface area contributed by atoms with Gasteiger partial charge in [0.05, 0.1) is 13.2 Å². The standard InChI is InChI=1S/C14H26N2O2.ClH/c1-10-3-4-13(11(2)7-10)16-14(17)8-12-9-18-6-5-15-12;/h10-13,15H,3-9H2,1-2H3,(H,16,17);1H. The van der Waals surface area contributed by atoms with E-state index in [-0.39, 0.29) is 24.4 Å². The summed E-state index contributed by atoms with van der Waals surface area (Å²) >= 11 is 0. The van der Waals surface area contributed by atoms with Gasteiger partial charge >= 0.3 is 0 Å². The first-order chi connectivity index (χ1) is 8.65. The van der Waals surface area contributed by atoms with Gasteiger partial charge in [0.25, 0.3) is 0 Å². The minimum Gasteiger partial charge on any atom is -0.378 e. The Morgan fingerprint density at radius 1 is 1.37 bits per heavy atom. The Kier molecular flexibility index (Phi) is 7.11. The van der Waals surface area contributed by atoms with Crippen molar-refractivity contribution in [1.82, 2.24) is 10.6 Å². The molecule has 0 bridgehead atoms. The van der Waals surface area contributed by atoms with Crippen molar-refractivity contribution < 1.29 is 9.53 Å². The molecular weight excluding hydrogens is 264 g/mol. The van der Waals surface area contributed by atoms with Crippen LogP contribution < -0.4 is 10.6 Å². The van der Waals surface area contributed by atoms with Gasteiger partial charge in [-0.05, 0) is 31.1 Å². The molecule has 19 heavy (non-hydrogen) atoms. The van der Waals surface area contributed by atoms with Crippen molar-refractivity contribution in [2.75, 3.05) is 19.8 Å². The van der Waals surface area contributed by atoms with Crippen LogP contribution in [0.4, 0.5) is 0 Å². The fraction of sp³-hybridized carbons (Fsp3) is 0.929. The van der Waals surface area contributed by atoms with Gasteiger partial charge in [-0.3, -0.25) is 4.79 Å². The highest BCUT2D eigenvalue weighted by molar-refractivity contribution is 5.85. The molecule has 0 aromatic carbocycles. The second-order valence-electron chi connectivity index (χ2n) is 6.00. The van der Waals surface area contributed by atoms with Gasteiger partial charge < -0.3 is 15.4 Å². The molecule has 4 nitrogen and oxygen atoms in total. The summed E-state index contributed by atoms with van der Waals surface area (Å²) in [5, 5.41) is 6.52. The second-order valence-corrected chi connectivity index (χ2v) is 6.00. The van der Waals surface area contributed by atoms with Crippen molar-refractivity contribution in [3.05, 3.63) is 0 Å². The molecule has 4 atom stereocenters. The monoisotopic (exact) mass is 290 g/mol. The first kappa shape index (κ1) is 16.7. The third-order valence-electron chi connectivity index (χ3n) is 4.21. The molecule has 112 valence electrons. The van der Waals surface area contributed by atoms with E-state index < -0.39 is 0 Å². The zero-order chi connectivity index (χ0) is 13.0. The Morgan fingerprint density at radius 2 is 2.16 bits per heavy atom. The number of nitrogens with one attached hydrogen (secondary N) is 2. The van der Waals surface area contributed by atoms with E-state index in [1.165, 1.54) is 12.8 Å². The lowest BCUT2D eigenvalue weighted by Crippen LogP contribution is -2.47. The van der Waals surface area contributed by atoms with Crippen molar-refractivity contribution in [3.8, 4) is 0 Å². The van der Waals surface area contributed by atoms with Crippen LogP contribution in [-0.4, -0.2) is 37.7 Å². The Bertz CT molecular complexity index is 283. The van der Waals surface area contributed by atoms with Crippen molar-refractivity contribution in [1.29, 1.82) is 0 Å². The molecule has 2 rings (SSSR count). The zero-order valence-electron chi connectivity index (χ0n) is 12.0. The van der Waals surface area contributed by atoms with Crippen LogP contribution >= 0.6 is 12.4 Å². The number of carbonyl (C=O) groups is 1. The van der Waals surface area contributed by atoms with Crippen LogP contribution in [0.2, 0.25) is 0 Å². The Morgan fingerprint density at radius 3 is 2.79 bits per heavy atom. The second kappa shape index (κ2) is 8.08. The SMILES string of the molecule is CC1CCC(NC(=O)CC2COCCN2)C(C)C1.Cl. The van der Waals surface area contributed by atoms with Gasteiger partial charge in [-0.15, -0.1) is 12.4 Å². The summed E-state index contributed by atoms with van der Waals surface area (Å²) in [7, 11) is 0. The van der Waals surface area contributed by atoms with E-state index in [4.69, 9.17) is 4.74 Å². The topological polar surface area (TPSA) is 50.4 Å². The normalized spacial score (nSPS) is 35.3. The van der Waals surface area contributed by atoms with E-state index in [0.717, 1.165) is 25.5 Å². The van der Waals surface area contributed by atoms with Crippen LogP contribution in [0.25, 0.3) is 0 Å². The highest BCUT2D eigenvalue weighted by Gasteiger charge is 2.27. The van der Waals surface area contributed by atoms with Crippen LogP contribution in [0.15, 0.2) is 0 Å². The average Bonchev–Trinajstić information content (AvgIpc) is 2.34. The zero-order valence-corrected chi connectivity index (χ0v) is 12.8. The Hall–Kier alpha value is -0.320. The van der Waals surface area contributed by atoms with Crippen molar-refractivity contribution in [2.45, 2.75) is 51.6 Å². The predicted molar refractivity (Wildman–Crippen MR) is 78.6 cm³/mol. The van der Waals surface area contributed by atoms with Gasteiger partial charge in [0.1, 0.15) is 0 Å². The van der Waals surface area contributed by atoms with Crippen LogP contribution in [0.5, 0.6) is 0 Å². The molecule has 0 aromatic rings. The molecule has 2 aliphatic rings. The maximum atomic E-state index is 12.0. The number of ether oxygens (including phenoxy) is 1. The lowest BCUT2D eigenvalue weighted by molar-refractivity contribution is -0.123. The minimum atomic E-state index is 0. The van der Waals surface area contributed by atoms with Crippen LogP contribution in [0, 0.1) is 11.8 Å². The molecule has 0 aromatic heterocycles. The molecule has 2 fully saturated rings. The summed E-state index contributed by atoms with van der Waals surface area (Å²) in [5.74, 6) is 1.58. The van der Waals surface area contributed by atoms with Gasteiger partial charge in [0, 0.05) is 25.0 Å². The fourth-order valence-electron chi connectivity index (χ4n) is 3.12. The summed E-state index contributed by atoms with van der Waals surface area (Å²) in [6.45, 7) is 6.83. The fourth-order valence-corrected chi connectivity index (χ4v) is 3.12. The summed E-state index contributed by atoms with van der Waals surface area (Å²) in [5.41, 5.74) is 0. The third-order valence-corrected chi connectivity index (χ3v) is 4.21. The van der Waals surface area contributed by atoms with Crippen LogP contribution in [0.1, 0.15) is 39.5 Å². The Balaban J connectivity index is 0.00000180. The number of morpholine rings is 1. The molecule has 1 saturated carbocycles. The van der Waals surface area contributed by atoms with Gasteiger partial charge in [-0.25, -0.2) is 0 Å². The summed E-state index contributed by atoms with van der Waals surface area (Å²) in [6.07, 6.45) is 4.14. The molecule has 0 radical (unpaired) electrons. The maximum Gasteiger partial charge on any atom is 0.221 e. The summed E-state index contributed by atoms with van der Waals surface area (Å²) in [4.78, 5) is 12.0. The molecule has 1 aliphatic heterocycles. The molecule has 1 aliphatic carbocycles. The van der Waals surface area contributed by atoms with E-state index in [0.29, 0.717) is 25.0 Å². The van der Waals surface area contributed by atoms with E-state index in [9.17, 15) is 4.79 Å². The minimum absolute atomic E-state index is 0. The lowest BCUT2D eigenvalue weighted by Gasteiger charge is -2.33. The van der Waals surface area contributed by atoms with Crippen molar-refractivity contribution >= 4 is 18.3 Å². The third kappa shape index (κ3) is 5.28. The van der Waals surface area contributed by atoms with E-state index in [1.54, 1.807) is 0 Å². The molecule has 1 saturated heterocycles. The molecule has 1 heterocycles. The highest BCUT2D eigenvalue weighted by Crippen LogP contribution is 2.28. The van der Waals surface area contributed by atoms with Gasteiger partial charge in [0.15, 0.2) is 0 Å². The molecule has 0 spiro atoms. The lowest BCUT2D eigenvalue weighted by atomic mass is 9.80. The number of hydrogen-bond donors (Lipinski definition) is 2. The average molecular weight is 291 g/mol. The van der Waals surface area contributed by atoms with Crippen molar-refractivity contribution in [2.24, 2.45) is 11.8 Å². The maximum absolute atomic E-state index is 12.0. The molecule has 4 unspecified atom stereocenters. The van der Waals surface area contributed by atoms with E-state index in [1.807, 2.05) is 0 Å². The van der Waals surface area contributed by atoms with Gasteiger partial charge in [-0.2, -0.15) is 0 Å². The first-order valence-electron chi connectivity index (χ1n) is 7.25. The van der Waals surface area contributed by atoms with E-state index in [2.05, 4.69) is 24.5 Å². The number of carbonyl (C=O) groups excluding carboxylic acids is 1. The van der Waals surface area contributed by atoms with E-state index >= 15 is 0 Å². The van der Waals surface area contributed by atoms with Gasteiger partial charge in [0.2, 0.25) is 5.91 Å². The summed E-state index contributed by atoms with van der Waals surface area (Å²) < 4.78 is 5.37. The Labute approximate surface area is 122 Å². The smallest absolute Gasteiger partial charge is 0.221 e. The number of hydrogen-bond acceptors (Lipinski definition) is 3. The van der Waals surface area contributed by atoms with Crippen LogP contribution in [-0.2, 0) is 9.53 Å². The predicted octanol–water partition coefficient (Wildman–Crippen LogP) is 1.73.